The van der Waals surface area contributed by atoms with E-state index in [1.165, 1.54) is 49.3 Å². The van der Waals surface area contributed by atoms with Crippen molar-refractivity contribution >= 4 is 5.97 Å². The van der Waals surface area contributed by atoms with Crippen LogP contribution in [0.4, 0.5) is 0 Å². The SMILES string of the molecule is CC(=O)OCCCCCCCCc1ccccc1-c1ccccc1. The van der Waals surface area contributed by atoms with Crippen molar-refractivity contribution in [3.05, 3.63) is 60.2 Å². The highest BCUT2D eigenvalue weighted by atomic mass is 16.5. The Morgan fingerprint density at radius 1 is 0.792 bits per heavy atom. The molecular formula is C22H28O2. The number of esters is 1. The molecule has 0 spiro atoms. The highest BCUT2D eigenvalue weighted by Crippen LogP contribution is 2.25. The van der Waals surface area contributed by atoms with Gasteiger partial charge in [0.25, 0.3) is 0 Å². The van der Waals surface area contributed by atoms with Crippen LogP contribution >= 0.6 is 0 Å². The molecule has 2 nitrogen and oxygen atoms in total. The monoisotopic (exact) mass is 324 g/mol. The first kappa shape index (κ1) is 18.3. The second-order valence-electron chi connectivity index (χ2n) is 6.23. The van der Waals surface area contributed by atoms with E-state index in [1.807, 2.05) is 0 Å². The maximum atomic E-state index is 10.7. The van der Waals surface area contributed by atoms with Crippen molar-refractivity contribution < 1.29 is 9.53 Å². The molecule has 0 fully saturated rings. The van der Waals surface area contributed by atoms with Gasteiger partial charge < -0.3 is 4.74 Å². The van der Waals surface area contributed by atoms with Gasteiger partial charge in [0.1, 0.15) is 0 Å². The van der Waals surface area contributed by atoms with E-state index in [-0.39, 0.29) is 5.97 Å². The summed E-state index contributed by atoms with van der Waals surface area (Å²) < 4.78 is 4.94. The molecule has 0 saturated carbocycles. The maximum Gasteiger partial charge on any atom is 0.302 e. The molecule has 0 unspecified atom stereocenters. The Morgan fingerprint density at radius 3 is 2.17 bits per heavy atom. The molecule has 0 aliphatic carbocycles. The molecule has 0 amide bonds. The standard InChI is InChI=1S/C22H28O2/c1-19(23)24-18-12-5-3-2-4-7-13-21-16-10-11-17-22(21)20-14-8-6-9-15-20/h6,8-11,14-17H,2-5,7,12-13,18H2,1H3. The van der Waals surface area contributed by atoms with Gasteiger partial charge in [-0.3, -0.25) is 4.79 Å². The summed E-state index contributed by atoms with van der Waals surface area (Å²) in [4.78, 5) is 10.7. The Balaban J connectivity index is 1.67. The second kappa shape index (κ2) is 10.6. The van der Waals surface area contributed by atoms with Gasteiger partial charge in [-0.05, 0) is 36.0 Å². The van der Waals surface area contributed by atoms with Crippen LogP contribution in [0.2, 0.25) is 0 Å². The predicted octanol–water partition coefficient (Wildman–Crippen LogP) is 5.80. The van der Waals surface area contributed by atoms with Crippen molar-refractivity contribution in [2.75, 3.05) is 6.61 Å². The van der Waals surface area contributed by atoms with Gasteiger partial charge in [0.15, 0.2) is 0 Å². The van der Waals surface area contributed by atoms with E-state index in [4.69, 9.17) is 4.74 Å². The largest absolute Gasteiger partial charge is 0.466 e. The third-order valence-corrected chi connectivity index (χ3v) is 4.25. The molecule has 0 bridgehead atoms. The van der Waals surface area contributed by atoms with Gasteiger partial charge in [0.05, 0.1) is 6.61 Å². The van der Waals surface area contributed by atoms with Gasteiger partial charge >= 0.3 is 5.97 Å². The normalized spacial score (nSPS) is 10.5. The predicted molar refractivity (Wildman–Crippen MR) is 99.9 cm³/mol. The molecule has 0 aliphatic heterocycles. The van der Waals surface area contributed by atoms with E-state index in [0.717, 1.165) is 19.3 Å². The third-order valence-electron chi connectivity index (χ3n) is 4.25. The number of ether oxygens (including phenoxy) is 1. The molecule has 2 rings (SSSR count). The first-order valence-corrected chi connectivity index (χ1v) is 9.04. The van der Waals surface area contributed by atoms with Gasteiger partial charge in [0.2, 0.25) is 0 Å². The Bertz CT molecular complexity index is 604. The van der Waals surface area contributed by atoms with Crippen LogP contribution in [0.25, 0.3) is 11.1 Å². The molecule has 0 radical (unpaired) electrons. The van der Waals surface area contributed by atoms with Crippen LogP contribution < -0.4 is 0 Å². The van der Waals surface area contributed by atoms with Gasteiger partial charge in [-0.1, -0.05) is 80.3 Å². The van der Waals surface area contributed by atoms with Crippen molar-refractivity contribution in [1.82, 2.24) is 0 Å². The summed E-state index contributed by atoms with van der Waals surface area (Å²) in [5.74, 6) is -0.174. The molecule has 2 aromatic carbocycles. The minimum Gasteiger partial charge on any atom is -0.466 e. The van der Waals surface area contributed by atoms with E-state index in [0.29, 0.717) is 6.61 Å². The Hall–Kier alpha value is -2.09. The molecule has 0 aliphatic rings. The smallest absolute Gasteiger partial charge is 0.302 e. The molecular weight excluding hydrogens is 296 g/mol. The van der Waals surface area contributed by atoms with Gasteiger partial charge in [-0.15, -0.1) is 0 Å². The van der Waals surface area contributed by atoms with Crippen molar-refractivity contribution in [3.63, 3.8) is 0 Å². The van der Waals surface area contributed by atoms with E-state index in [1.54, 1.807) is 0 Å². The summed E-state index contributed by atoms with van der Waals surface area (Å²) in [7, 11) is 0. The van der Waals surface area contributed by atoms with Crippen LogP contribution in [0.1, 0.15) is 51.0 Å². The summed E-state index contributed by atoms with van der Waals surface area (Å²) in [6.45, 7) is 2.03. The minimum atomic E-state index is -0.174. The van der Waals surface area contributed by atoms with Gasteiger partial charge in [-0.25, -0.2) is 0 Å². The summed E-state index contributed by atoms with van der Waals surface area (Å²) in [6.07, 6.45) is 8.24. The molecule has 24 heavy (non-hydrogen) atoms. The van der Waals surface area contributed by atoms with Gasteiger partial charge in [-0.2, -0.15) is 0 Å². The van der Waals surface area contributed by atoms with Crippen LogP contribution in [0.5, 0.6) is 0 Å². The number of carbonyl (C=O) groups excluding carboxylic acids is 1. The number of benzene rings is 2. The lowest BCUT2D eigenvalue weighted by Crippen LogP contribution is -2.00. The highest BCUT2D eigenvalue weighted by molar-refractivity contribution is 5.67. The first-order valence-electron chi connectivity index (χ1n) is 9.04. The molecule has 2 aromatic rings. The Labute approximate surface area is 145 Å². The van der Waals surface area contributed by atoms with Crippen molar-refractivity contribution in [1.29, 1.82) is 0 Å². The fraction of sp³-hybridized carbons (Fsp3) is 0.409. The lowest BCUT2D eigenvalue weighted by molar-refractivity contribution is -0.141. The van der Waals surface area contributed by atoms with Gasteiger partial charge in [0, 0.05) is 6.92 Å². The first-order chi connectivity index (χ1) is 11.8. The van der Waals surface area contributed by atoms with Crippen LogP contribution in [0.15, 0.2) is 54.6 Å². The summed E-state index contributed by atoms with van der Waals surface area (Å²) >= 11 is 0. The van der Waals surface area contributed by atoms with Crippen molar-refractivity contribution in [2.45, 2.75) is 51.9 Å². The molecule has 2 heteroatoms. The van der Waals surface area contributed by atoms with Crippen LogP contribution in [-0.4, -0.2) is 12.6 Å². The number of rotatable bonds is 10. The maximum absolute atomic E-state index is 10.7. The highest BCUT2D eigenvalue weighted by Gasteiger charge is 2.03. The number of hydrogen-bond donors (Lipinski definition) is 0. The average Bonchev–Trinajstić information content (AvgIpc) is 2.61. The van der Waals surface area contributed by atoms with Crippen LogP contribution in [0.3, 0.4) is 0 Å². The number of hydrogen-bond acceptors (Lipinski definition) is 2. The van der Waals surface area contributed by atoms with Crippen molar-refractivity contribution in [3.8, 4) is 11.1 Å². The zero-order valence-electron chi connectivity index (χ0n) is 14.7. The fourth-order valence-corrected chi connectivity index (χ4v) is 2.98. The molecule has 0 N–H and O–H groups in total. The molecule has 0 heterocycles. The lowest BCUT2D eigenvalue weighted by Gasteiger charge is -2.09. The zero-order valence-corrected chi connectivity index (χ0v) is 14.7. The van der Waals surface area contributed by atoms with E-state index in [9.17, 15) is 4.79 Å². The number of aryl methyl sites for hydroxylation is 1. The van der Waals surface area contributed by atoms with E-state index < -0.39 is 0 Å². The molecule has 0 aromatic heterocycles. The number of unbranched alkanes of at least 4 members (excludes halogenated alkanes) is 5. The minimum absolute atomic E-state index is 0.174. The Kier molecular flexibility index (Phi) is 8.09. The third kappa shape index (κ3) is 6.57. The average molecular weight is 324 g/mol. The Morgan fingerprint density at radius 2 is 1.42 bits per heavy atom. The molecule has 0 atom stereocenters. The molecule has 128 valence electrons. The summed E-state index contributed by atoms with van der Waals surface area (Å²) in [6, 6.07) is 19.4. The summed E-state index contributed by atoms with van der Waals surface area (Å²) in [5.41, 5.74) is 4.11. The van der Waals surface area contributed by atoms with Crippen molar-refractivity contribution in [2.24, 2.45) is 0 Å². The van der Waals surface area contributed by atoms with Crippen LogP contribution in [-0.2, 0) is 16.0 Å². The zero-order chi connectivity index (χ0) is 17.0. The lowest BCUT2D eigenvalue weighted by atomic mass is 9.95. The quantitative estimate of drug-likeness (QED) is 0.408. The topological polar surface area (TPSA) is 26.3 Å². The van der Waals surface area contributed by atoms with Crippen LogP contribution in [0, 0.1) is 0 Å². The van der Waals surface area contributed by atoms with E-state index >= 15 is 0 Å². The molecule has 0 saturated heterocycles. The summed E-state index contributed by atoms with van der Waals surface area (Å²) in [5, 5.41) is 0. The fourth-order valence-electron chi connectivity index (χ4n) is 2.98. The van der Waals surface area contributed by atoms with E-state index in [2.05, 4.69) is 54.6 Å². The number of carbonyl (C=O) groups is 1. The second-order valence-corrected chi connectivity index (χ2v) is 6.23.